The highest BCUT2D eigenvalue weighted by atomic mass is 35.5. The summed E-state index contributed by atoms with van der Waals surface area (Å²) in [5.74, 6) is 0.457. The van der Waals surface area contributed by atoms with E-state index in [1.54, 1.807) is 6.07 Å². The van der Waals surface area contributed by atoms with Crippen LogP contribution in [0.2, 0.25) is 5.02 Å². The molecule has 0 aliphatic carbocycles. The molecule has 1 amide bonds. The van der Waals surface area contributed by atoms with Gasteiger partial charge in [0.25, 0.3) is 11.1 Å². The van der Waals surface area contributed by atoms with Crippen LogP contribution >= 0.6 is 23.4 Å². The predicted molar refractivity (Wildman–Crippen MR) is 110 cm³/mol. The maximum Gasteiger partial charge on any atom is 0.277 e. The van der Waals surface area contributed by atoms with Gasteiger partial charge in [0.2, 0.25) is 5.91 Å². The second kappa shape index (κ2) is 8.08. The summed E-state index contributed by atoms with van der Waals surface area (Å²) < 4.78 is 5.71. The number of fused-ring (bicyclic) bond motifs is 1. The van der Waals surface area contributed by atoms with Crippen LogP contribution < -0.4 is 5.32 Å². The van der Waals surface area contributed by atoms with Gasteiger partial charge in [0.1, 0.15) is 0 Å². The monoisotopic (exact) mass is 412 g/mol. The molecule has 2 N–H and O–H groups in total. The van der Waals surface area contributed by atoms with Crippen molar-refractivity contribution in [2.45, 2.75) is 18.2 Å². The van der Waals surface area contributed by atoms with E-state index in [1.165, 1.54) is 11.8 Å². The van der Waals surface area contributed by atoms with E-state index in [1.807, 2.05) is 55.6 Å². The van der Waals surface area contributed by atoms with Gasteiger partial charge in [-0.3, -0.25) is 4.79 Å². The van der Waals surface area contributed by atoms with Crippen LogP contribution in [0.1, 0.15) is 18.5 Å². The minimum atomic E-state index is -0.189. The zero-order chi connectivity index (χ0) is 19.5. The molecular formula is C20H17ClN4O2S. The Kier molecular flexibility index (Phi) is 5.36. The summed E-state index contributed by atoms with van der Waals surface area (Å²) in [6.07, 6.45) is 1.84. The third-order valence-electron chi connectivity index (χ3n) is 4.30. The van der Waals surface area contributed by atoms with E-state index in [0.717, 1.165) is 22.0 Å². The number of aromatic nitrogens is 3. The molecule has 4 aromatic rings. The van der Waals surface area contributed by atoms with Crippen LogP contribution in [-0.2, 0) is 4.79 Å². The Bertz CT molecular complexity index is 1120. The first-order valence-corrected chi connectivity index (χ1v) is 10.0. The normalized spacial score (nSPS) is 12.2. The van der Waals surface area contributed by atoms with E-state index >= 15 is 0 Å². The van der Waals surface area contributed by atoms with Gasteiger partial charge in [0.05, 0.1) is 17.4 Å². The lowest BCUT2D eigenvalue weighted by Gasteiger charge is -2.15. The average Bonchev–Trinajstić information content (AvgIpc) is 3.33. The Morgan fingerprint density at radius 1 is 1.21 bits per heavy atom. The molecule has 0 spiro atoms. The Balaban J connectivity index is 1.38. The van der Waals surface area contributed by atoms with Crippen LogP contribution in [0.5, 0.6) is 0 Å². The average molecular weight is 413 g/mol. The fraction of sp³-hybridized carbons (Fsp3) is 0.150. The highest BCUT2D eigenvalue weighted by Gasteiger charge is 2.16. The molecule has 4 rings (SSSR count). The third kappa shape index (κ3) is 3.90. The summed E-state index contributed by atoms with van der Waals surface area (Å²) in [6.45, 7) is 1.89. The van der Waals surface area contributed by atoms with Gasteiger partial charge < -0.3 is 14.7 Å². The van der Waals surface area contributed by atoms with Crippen molar-refractivity contribution in [3.63, 3.8) is 0 Å². The van der Waals surface area contributed by atoms with Crippen LogP contribution in [0.3, 0.4) is 0 Å². The zero-order valence-corrected chi connectivity index (χ0v) is 16.6. The number of nitrogens with zero attached hydrogens (tertiary/aromatic N) is 2. The Labute approximate surface area is 170 Å². The highest BCUT2D eigenvalue weighted by Crippen LogP contribution is 2.29. The molecule has 8 heteroatoms. The molecule has 0 aliphatic rings. The summed E-state index contributed by atoms with van der Waals surface area (Å²) in [7, 11) is 0. The van der Waals surface area contributed by atoms with Gasteiger partial charge in [0.15, 0.2) is 0 Å². The molecular weight excluding hydrogens is 396 g/mol. The number of aromatic amines is 1. The molecule has 2 aromatic heterocycles. The van der Waals surface area contributed by atoms with E-state index in [0.29, 0.717) is 16.1 Å². The minimum Gasteiger partial charge on any atom is -0.411 e. The van der Waals surface area contributed by atoms with Gasteiger partial charge in [0, 0.05) is 22.1 Å². The first-order valence-electron chi connectivity index (χ1n) is 8.68. The van der Waals surface area contributed by atoms with E-state index in [-0.39, 0.29) is 17.7 Å². The summed E-state index contributed by atoms with van der Waals surface area (Å²) in [5, 5.41) is 13.0. The molecule has 6 nitrogen and oxygen atoms in total. The van der Waals surface area contributed by atoms with Crippen molar-refractivity contribution in [1.29, 1.82) is 0 Å². The van der Waals surface area contributed by atoms with Crippen molar-refractivity contribution in [3.05, 3.63) is 65.3 Å². The number of nitrogens with one attached hydrogen (secondary N) is 2. The molecule has 1 atom stereocenters. The maximum absolute atomic E-state index is 12.3. The van der Waals surface area contributed by atoms with Crippen molar-refractivity contribution in [2.75, 3.05) is 5.75 Å². The quantitative estimate of drug-likeness (QED) is 0.442. The molecule has 0 aliphatic heterocycles. The number of benzene rings is 2. The molecule has 0 saturated heterocycles. The zero-order valence-electron chi connectivity index (χ0n) is 15.0. The van der Waals surface area contributed by atoms with Crippen molar-refractivity contribution >= 4 is 40.2 Å². The second-order valence-corrected chi connectivity index (χ2v) is 7.55. The maximum atomic E-state index is 12.3. The van der Waals surface area contributed by atoms with E-state index in [2.05, 4.69) is 20.5 Å². The number of carbonyl (C=O) groups is 1. The number of halogens is 1. The molecule has 0 fully saturated rings. The van der Waals surface area contributed by atoms with Crippen LogP contribution in [0.4, 0.5) is 0 Å². The highest BCUT2D eigenvalue weighted by molar-refractivity contribution is 7.99. The Hall–Kier alpha value is -2.77. The van der Waals surface area contributed by atoms with Crippen molar-refractivity contribution < 1.29 is 9.21 Å². The van der Waals surface area contributed by atoms with Gasteiger partial charge in [-0.1, -0.05) is 59.8 Å². The molecule has 2 heterocycles. The van der Waals surface area contributed by atoms with E-state index in [4.69, 9.17) is 16.0 Å². The number of amides is 1. The fourth-order valence-corrected chi connectivity index (χ4v) is 3.81. The smallest absolute Gasteiger partial charge is 0.277 e. The fourth-order valence-electron chi connectivity index (χ4n) is 2.94. The Morgan fingerprint density at radius 3 is 2.86 bits per heavy atom. The molecule has 0 saturated carbocycles. The second-order valence-electron chi connectivity index (χ2n) is 6.22. The third-order valence-corrected chi connectivity index (χ3v) is 5.46. The van der Waals surface area contributed by atoms with Crippen LogP contribution in [0.25, 0.3) is 22.4 Å². The van der Waals surface area contributed by atoms with E-state index < -0.39 is 0 Å². The predicted octanol–water partition coefficient (Wildman–Crippen LogP) is 4.84. The summed E-state index contributed by atoms with van der Waals surface area (Å²) in [4.78, 5) is 15.4. The van der Waals surface area contributed by atoms with Crippen LogP contribution in [-0.4, -0.2) is 26.8 Å². The minimum absolute atomic E-state index is 0.135. The molecule has 142 valence electrons. The number of thioether (sulfide) groups is 1. The van der Waals surface area contributed by atoms with Gasteiger partial charge in [-0.25, -0.2) is 0 Å². The summed E-state index contributed by atoms with van der Waals surface area (Å²) >= 11 is 7.37. The van der Waals surface area contributed by atoms with Crippen molar-refractivity contribution in [1.82, 2.24) is 20.5 Å². The molecule has 2 aromatic carbocycles. The molecule has 0 unspecified atom stereocenters. The number of H-pyrrole nitrogens is 1. The summed E-state index contributed by atoms with van der Waals surface area (Å²) in [5.41, 5.74) is 2.71. The number of hydrogen-bond donors (Lipinski definition) is 2. The topological polar surface area (TPSA) is 83.8 Å². The lowest BCUT2D eigenvalue weighted by Crippen LogP contribution is -2.28. The SMILES string of the molecule is C[C@H](NC(=O)CSc1nnc(-c2c[nH]c3ccccc23)o1)c1ccccc1Cl. The molecule has 0 bridgehead atoms. The Morgan fingerprint density at radius 2 is 2.00 bits per heavy atom. The lowest BCUT2D eigenvalue weighted by atomic mass is 10.1. The number of rotatable bonds is 6. The van der Waals surface area contributed by atoms with Gasteiger partial charge in [-0.15, -0.1) is 10.2 Å². The first kappa shape index (κ1) is 18.6. The molecule has 0 radical (unpaired) electrons. The van der Waals surface area contributed by atoms with Gasteiger partial charge >= 0.3 is 0 Å². The van der Waals surface area contributed by atoms with Crippen LogP contribution in [0.15, 0.2) is 64.4 Å². The first-order chi connectivity index (χ1) is 13.6. The molecule has 28 heavy (non-hydrogen) atoms. The number of carbonyl (C=O) groups excluding carboxylic acids is 1. The van der Waals surface area contributed by atoms with Crippen molar-refractivity contribution in [3.8, 4) is 11.5 Å². The van der Waals surface area contributed by atoms with Gasteiger partial charge in [-0.2, -0.15) is 0 Å². The van der Waals surface area contributed by atoms with Crippen LogP contribution in [0, 0.1) is 0 Å². The van der Waals surface area contributed by atoms with E-state index in [9.17, 15) is 4.79 Å². The summed E-state index contributed by atoms with van der Waals surface area (Å²) in [6, 6.07) is 15.1. The number of hydrogen-bond acceptors (Lipinski definition) is 5. The number of para-hydroxylation sites is 1. The standard InChI is InChI=1S/C20H17ClN4O2S/c1-12(13-6-2-4-8-16(13)21)23-18(26)11-28-20-25-24-19(27-20)15-10-22-17-9-5-3-7-14(15)17/h2-10,12,22H,11H2,1H3,(H,23,26)/t12-/m0/s1. The van der Waals surface area contributed by atoms with Gasteiger partial charge in [-0.05, 0) is 24.6 Å². The lowest BCUT2D eigenvalue weighted by molar-refractivity contribution is -0.119. The largest absolute Gasteiger partial charge is 0.411 e. The van der Waals surface area contributed by atoms with Crippen molar-refractivity contribution in [2.24, 2.45) is 0 Å².